The Labute approximate surface area is 99.5 Å². The number of rotatable bonds is 4. The molecule has 92 valence electrons. The maximum Gasteiger partial charge on any atom is 0.0164 e. The lowest BCUT2D eigenvalue weighted by molar-refractivity contribution is 0.249. The molecule has 16 heavy (non-hydrogen) atoms. The average molecular weight is 223 g/mol. The lowest BCUT2D eigenvalue weighted by atomic mass is 10.1. The zero-order valence-corrected chi connectivity index (χ0v) is 10.3. The molecule has 0 unspecified atom stereocenters. The summed E-state index contributed by atoms with van der Waals surface area (Å²) in [6.07, 6.45) is 8.92. The second-order valence-electron chi connectivity index (χ2n) is 4.88. The summed E-state index contributed by atoms with van der Waals surface area (Å²) in [7, 11) is 0. The molecule has 0 spiro atoms. The third-order valence-electron chi connectivity index (χ3n) is 3.55. The van der Waals surface area contributed by atoms with Crippen molar-refractivity contribution in [1.82, 2.24) is 15.1 Å². The highest BCUT2D eigenvalue weighted by Gasteiger charge is 2.08. The van der Waals surface area contributed by atoms with Crippen LogP contribution >= 0.6 is 0 Å². The van der Waals surface area contributed by atoms with E-state index in [2.05, 4.69) is 27.3 Å². The number of hydrogen-bond donors (Lipinski definition) is 1. The zero-order chi connectivity index (χ0) is 11.1. The molecule has 0 radical (unpaired) electrons. The van der Waals surface area contributed by atoms with Crippen LogP contribution in [0, 0.1) is 0 Å². The molecule has 0 aromatic heterocycles. The van der Waals surface area contributed by atoms with E-state index in [0.717, 1.165) is 26.2 Å². The minimum absolute atomic E-state index is 1.13. The summed E-state index contributed by atoms with van der Waals surface area (Å²) in [6, 6.07) is 0. The Kier molecular flexibility index (Phi) is 5.32. The Balaban J connectivity index is 1.57. The predicted molar refractivity (Wildman–Crippen MR) is 68.7 cm³/mol. The first kappa shape index (κ1) is 12.1. The molecule has 0 aromatic rings. The molecule has 0 bridgehead atoms. The number of likely N-dealkylation sites (tertiary alicyclic amines) is 1. The van der Waals surface area contributed by atoms with Gasteiger partial charge in [0, 0.05) is 39.3 Å². The van der Waals surface area contributed by atoms with Gasteiger partial charge in [-0.05, 0) is 25.9 Å². The van der Waals surface area contributed by atoms with E-state index in [0.29, 0.717) is 0 Å². The molecule has 0 aromatic carbocycles. The van der Waals surface area contributed by atoms with Crippen molar-refractivity contribution in [3.05, 3.63) is 12.2 Å². The molecule has 2 aliphatic heterocycles. The van der Waals surface area contributed by atoms with Crippen LogP contribution in [0.15, 0.2) is 12.2 Å². The van der Waals surface area contributed by atoms with Crippen LogP contribution in [0.3, 0.4) is 0 Å². The summed E-state index contributed by atoms with van der Waals surface area (Å²) in [5, 5.41) is 3.38. The largest absolute Gasteiger partial charge is 0.314 e. The van der Waals surface area contributed by atoms with Gasteiger partial charge in [-0.2, -0.15) is 0 Å². The van der Waals surface area contributed by atoms with Crippen molar-refractivity contribution in [2.45, 2.75) is 19.3 Å². The topological polar surface area (TPSA) is 18.5 Å². The molecule has 3 heteroatoms. The van der Waals surface area contributed by atoms with Crippen LogP contribution in [0.25, 0.3) is 0 Å². The maximum atomic E-state index is 3.38. The van der Waals surface area contributed by atoms with Crippen LogP contribution in [0.5, 0.6) is 0 Å². The van der Waals surface area contributed by atoms with E-state index < -0.39 is 0 Å². The number of piperidine rings is 1. The van der Waals surface area contributed by atoms with Gasteiger partial charge in [0.1, 0.15) is 0 Å². The van der Waals surface area contributed by atoms with Crippen molar-refractivity contribution < 1.29 is 0 Å². The van der Waals surface area contributed by atoms with Crippen molar-refractivity contribution in [2.75, 3.05) is 52.4 Å². The standard InChI is InChI=1S/C13H25N3/c1-2-8-15(9-3-1)10-4-5-11-16-12-6-14-7-13-16/h4-5,14H,1-3,6-13H2/b5-4-. The van der Waals surface area contributed by atoms with Gasteiger partial charge in [0.05, 0.1) is 0 Å². The van der Waals surface area contributed by atoms with Gasteiger partial charge in [-0.25, -0.2) is 0 Å². The molecule has 2 rings (SSSR count). The first-order chi connectivity index (χ1) is 7.95. The summed E-state index contributed by atoms with van der Waals surface area (Å²) in [4.78, 5) is 5.08. The van der Waals surface area contributed by atoms with Crippen LogP contribution in [0.1, 0.15) is 19.3 Å². The lowest BCUT2D eigenvalue weighted by Crippen LogP contribution is -2.43. The Hall–Kier alpha value is -0.380. The van der Waals surface area contributed by atoms with Crippen molar-refractivity contribution in [2.24, 2.45) is 0 Å². The molecule has 1 N–H and O–H groups in total. The van der Waals surface area contributed by atoms with E-state index in [4.69, 9.17) is 0 Å². The number of hydrogen-bond acceptors (Lipinski definition) is 3. The van der Waals surface area contributed by atoms with Gasteiger partial charge >= 0.3 is 0 Å². The monoisotopic (exact) mass is 223 g/mol. The molecule has 0 atom stereocenters. The van der Waals surface area contributed by atoms with Crippen molar-refractivity contribution in [3.63, 3.8) is 0 Å². The molecular formula is C13H25N3. The second kappa shape index (κ2) is 7.05. The van der Waals surface area contributed by atoms with Gasteiger partial charge in [-0.15, -0.1) is 0 Å². The summed E-state index contributed by atoms with van der Waals surface area (Å²) >= 11 is 0. The predicted octanol–water partition coefficient (Wildman–Crippen LogP) is 0.934. The van der Waals surface area contributed by atoms with Crippen LogP contribution in [0.4, 0.5) is 0 Å². The lowest BCUT2D eigenvalue weighted by Gasteiger charge is -2.26. The molecule has 0 amide bonds. The van der Waals surface area contributed by atoms with Crippen molar-refractivity contribution in [3.8, 4) is 0 Å². The first-order valence-electron chi connectivity index (χ1n) is 6.75. The van der Waals surface area contributed by atoms with Crippen molar-refractivity contribution in [1.29, 1.82) is 0 Å². The molecule has 2 fully saturated rings. The summed E-state index contributed by atoms with van der Waals surface area (Å²) in [5.74, 6) is 0. The minimum atomic E-state index is 1.13. The average Bonchev–Trinajstić information content (AvgIpc) is 2.37. The molecule has 2 aliphatic rings. The normalized spacial score (nSPS) is 25.2. The first-order valence-corrected chi connectivity index (χ1v) is 6.75. The van der Waals surface area contributed by atoms with Gasteiger partial charge < -0.3 is 5.32 Å². The summed E-state index contributed by atoms with van der Waals surface area (Å²) < 4.78 is 0. The van der Waals surface area contributed by atoms with Crippen molar-refractivity contribution >= 4 is 0 Å². The minimum Gasteiger partial charge on any atom is -0.314 e. The Morgan fingerprint density at radius 3 is 1.94 bits per heavy atom. The van der Waals surface area contributed by atoms with Gasteiger partial charge in [-0.3, -0.25) is 9.80 Å². The highest BCUT2D eigenvalue weighted by molar-refractivity contribution is 4.89. The number of piperazine rings is 1. The van der Waals surface area contributed by atoms with Gasteiger partial charge in [0.15, 0.2) is 0 Å². The maximum absolute atomic E-state index is 3.38. The zero-order valence-electron chi connectivity index (χ0n) is 10.3. The summed E-state index contributed by atoms with van der Waals surface area (Å²) in [6.45, 7) is 9.61. The number of nitrogens with one attached hydrogen (secondary N) is 1. The molecule has 0 aliphatic carbocycles. The SMILES string of the molecule is C(=C/CN1CCNCC1)/CN1CCCCC1. The van der Waals surface area contributed by atoms with E-state index in [1.807, 2.05) is 0 Å². The second-order valence-corrected chi connectivity index (χ2v) is 4.88. The third-order valence-corrected chi connectivity index (χ3v) is 3.55. The molecule has 2 heterocycles. The molecular weight excluding hydrogens is 198 g/mol. The van der Waals surface area contributed by atoms with E-state index in [-0.39, 0.29) is 0 Å². The fourth-order valence-electron chi connectivity index (χ4n) is 2.48. The van der Waals surface area contributed by atoms with Crippen LogP contribution in [-0.4, -0.2) is 62.2 Å². The Morgan fingerprint density at radius 1 is 0.750 bits per heavy atom. The quantitative estimate of drug-likeness (QED) is 0.716. The fourth-order valence-corrected chi connectivity index (χ4v) is 2.48. The molecule has 0 saturated carbocycles. The van der Waals surface area contributed by atoms with E-state index in [9.17, 15) is 0 Å². The van der Waals surface area contributed by atoms with E-state index >= 15 is 0 Å². The fraction of sp³-hybridized carbons (Fsp3) is 0.846. The third kappa shape index (κ3) is 4.24. The molecule has 3 nitrogen and oxygen atoms in total. The highest BCUT2D eigenvalue weighted by atomic mass is 15.2. The van der Waals surface area contributed by atoms with Crippen LogP contribution in [-0.2, 0) is 0 Å². The van der Waals surface area contributed by atoms with E-state index in [1.54, 1.807) is 0 Å². The smallest absolute Gasteiger partial charge is 0.0164 e. The Bertz CT molecular complexity index is 181. The van der Waals surface area contributed by atoms with E-state index in [1.165, 1.54) is 45.4 Å². The Morgan fingerprint density at radius 2 is 1.31 bits per heavy atom. The number of nitrogens with zero attached hydrogens (tertiary/aromatic N) is 2. The van der Waals surface area contributed by atoms with Crippen LogP contribution in [0.2, 0.25) is 0 Å². The van der Waals surface area contributed by atoms with Crippen LogP contribution < -0.4 is 5.32 Å². The van der Waals surface area contributed by atoms with Gasteiger partial charge in [0.25, 0.3) is 0 Å². The molecule has 2 saturated heterocycles. The van der Waals surface area contributed by atoms with Gasteiger partial charge in [0.2, 0.25) is 0 Å². The van der Waals surface area contributed by atoms with Gasteiger partial charge in [-0.1, -0.05) is 18.6 Å². The summed E-state index contributed by atoms with van der Waals surface area (Å²) in [5.41, 5.74) is 0. The highest BCUT2D eigenvalue weighted by Crippen LogP contribution is 2.07.